The maximum absolute atomic E-state index is 9.55. The van der Waals surface area contributed by atoms with Crippen molar-refractivity contribution in [2.75, 3.05) is 17.6 Å². The zero-order chi connectivity index (χ0) is 13.2. The number of aliphatic hydroxyl groups excluding tert-OH is 1. The Hall–Kier alpha value is -1.81. The van der Waals surface area contributed by atoms with Crippen LogP contribution in [0.25, 0.3) is 10.9 Å². The van der Waals surface area contributed by atoms with Crippen LogP contribution in [0.1, 0.15) is 19.3 Å². The lowest BCUT2D eigenvalue weighted by atomic mass is 10.1. The first kappa shape index (κ1) is 12.2. The van der Waals surface area contributed by atoms with E-state index in [4.69, 9.17) is 5.73 Å². The van der Waals surface area contributed by atoms with Crippen LogP contribution in [0.3, 0.4) is 0 Å². The van der Waals surface area contributed by atoms with Crippen molar-refractivity contribution < 1.29 is 5.11 Å². The number of pyridine rings is 1. The molecule has 2 unspecified atom stereocenters. The predicted octanol–water partition coefficient (Wildman–Crippen LogP) is 2.39. The van der Waals surface area contributed by atoms with Crippen molar-refractivity contribution in [3.63, 3.8) is 0 Å². The monoisotopic (exact) mass is 257 g/mol. The Kier molecular flexibility index (Phi) is 3.25. The number of nitrogen functional groups attached to an aromatic ring is 1. The number of fused-ring (bicyclic) bond motifs is 1. The van der Waals surface area contributed by atoms with E-state index in [0.29, 0.717) is 11.6 Å². The molecular weight excluding hydrogens is 238 g/mol. The summed E-state index contributed by atoms with van der Waals surface area (Å²) in [6, 6.07) is 7.85. The molecule has 0 bridgehead atoms. The maximum Gasteiger partial charge on any atom is 0.0951 e. The molecule has 0 radical (unpaired) electrons. The van der Waals surface area contributed by atoms with Crippen LogP contribution in [0.2, 0.25) is 0 Å². The fraction of sp³-hybridized carbons (Fsp3) is 0.400. The molecule has 0 saturated heterocycles. The van der Waals surface area contributed by atoms with Gasteiger partial charge in [0.05, 0.1) is 17.3 Å². The fourth-order valence-corrected chi connectivity index (χ4v) is 2.84. The summed E-state index contributed by atoms with van der Waals surface area (Å²) in [6.45, 7) is 0.894. The van der Waals surface area contributed by atoms with E-state index in [1.54, 1.807) is 6.20 Å². The molecule has 1 heterocycles. The second-order valence-electron chi connectivity index (χ2n) is 5.32. The summed E-state index contributed by atoms with van der Waals surface area (Å²) in [5.41, 5.74) is 8.56. The molecule has 4 nitrogen and oxygen atoms in total. The number of nitrogens with two attached hydrogens (primary N) is 1. The van der Waals surface area contributed by atoms with E-state index in [-0.39, 0.29) is 6.10 Å². The summed E-state index contributed by atoms with van der Waals surface area (Å²) in [5, 5.41) is 14.1. The van der Waals surface area contributed by atoms with Gasteiger partial charge in [-0.1, -0.05) is 0 Å². The second kappa shape index (κ2) is 5.05. The maximum atomic E-state index is 9.55. The molecule has 4 heteroatoms. The van der Waals surface area contributed by atoms with E-state index in [9.17, 15) is 5.11 Å². The Labute approximate surface area is 112 Å². The summed E-state index contributed by atoms with van der Waals surface area (Å²) < 4.78 is 0. The molecule has 1 aromatic heterocycles. The first-order valence-electron chi connectivity index (χ1n) is 6.79. The van der Waals surface area contributed by atoms with Gasteiger partial charge in [0.15, 0.2) is 0 Å². The summed E-state index contributed by atoms with van der Waals surface area (Å²) in [7, 11) is 0. The third-order valence-electron chi connectivity index (χ3n) is 3.90. The fourth-order valence-electron chi connectivity index (χ4n) is 2.84. The molecular formula is C15H19N3O. The lowest BCUT2D eigenvalue weighted by Crippen LogP contribution is -2.12. The van der Waals surface area contributed by atoms with Gasteiger partial charge in [-0.3, -0.25) is 4.98 Å². The van der Waals surface area contributed by atoms with Gasteiger partial charge in [-0.25, -0.2) is 0 Å². The van der Waals surface area contributed by atoms with Crippen LogP contribution in [-0.2, 0) is 0 Å². The van der Waals surface area contributed by atoms with Crippen molar-refractivity contribution in [3.8, 4) is 0 Å². The molecule has 19 heavy (non-hydrogen) atoms. The van der Waals surface area contributed by atoms with Crippen LogP contribution < -0.4 is 11.1 Å². The third kappa shape index (κ3) is 2.49. The van der Waals surface area contributed by atoms with Gasteiger partial charge in [0.25, 0.3) is 0 Å². The van der Waals surface area contributed by atoms with Crippen LogP contribution in [0.15, 0.2) is 30.5 Å². The first-order chi connectivity index (χ1) is 9.24. The lowest BCUT2D eigenvalue weighted by Gasteiger charge is -2.14. The number of hydrogen-bond acceptors (Lipinski definition) is 4. The average Bonchev–Trinajstić information content (AvgIpc) is 2.84. The van der Waals surface area contributed by atoms with Crippen molar-refractivity contribution in [3.05, 3.63) is 30.5 Å². The number of nitrogens with zero attached hydrogens (tertiary/aromatic N) is 1. The molecule has 1 aromatic carbocycles. The van der Waals surface area contributed by atoms with E-state index in [1.165, 1.54) is 0 Å². The molecule has 2 atom stereocenters. The van der Waals surface area contributed by atoms with Gasteiger partial charge in [-0.05, 0) is 49.4 Å². The van der Waals surface area contributed by atoms with Gasteiger partial charge >= 0.3 is 0 Å². The Morgan fingerprint density at radius 2 is 2.21 bits per heavy atom. The molecule has 3 rings (SSSR count). The van der Waals surface area contributed by atoms with E-state index < -0.39 is 0 Å². The number of benzene rings is 1. The van der Waals surface area contributed by atoms with Crippen LogP contribution in [-0.4, -0.2) is 22.7 Å². The largest absolute Gasteiger partial charge is 0.397 e. The van der Waals surface area contributed by atoms with Gasteiger partial charge in [0, 0.05) is 23.8 Å². The van der Waals surface area contributed by atoms with Crippen LogP contribution in [0, 0.1) is 5.92 Å². The highest BCUT2D eigenvalue weighted by molar-refractivity contribution is 5.98. The molecule has 1 saturated carbocycles. The molecule has 1 aliphatic carbocycles. The lowest BCUT2D eigenvalue weighted by molar-refractivity contribution is 0.178. The van der Waals surface area contributed by atoms with Crippen molar-refractivity contribution >= 4 is 22.3 Å². The molecule has 100 valence electrons. The van der Waals surface area contributed by atoms with Crippen molar-refractivity contribution in [2.45, 2.75) is 25.4 Å². The summed E-state index contributed by atoms with van der Waals surface area (Å²) in [4.78, 5) is 4.33. The van der Waals surface area contributed by atoms with Crippen molar-refractivity contribution in [2.24, 2.45) is 5.92 Å². The van der Waals surface area contributed by atoms with E-state index >= 15 is 0 Å². The first-order valence-corrected chi connectivity index (χ1v) is 6.79. The topological polar surface area (TPSA) is 71.2 Å². The minimum atomic E-state index is -0.114. The predicted molar refractivity (Wildman–Crippen MR) is 78.0 cm³/mol. The number of rotatable bonds is 3. The Morgan fingerprint density at radius 3 is 3.00 bits per heavy atom. The number of nitrogens with one attached hydrogen (secondary N) is 1. The van der Waals surface area contributed by atoms with Crippen molar-refractivity contribution in [1.29, 1.82) is 0 Å². The van der Waals surface area contributed by atoms with Gasteiger partial charge in [-0.15, -0.1) is 0 Å². The molecule has 1 aliphatic rings. The Morgan fingerprint density at radius 1 is 1.32 bits per heavy atom. The molecule has 1 fully saturated rings. The molecule has 4 N–H and O–H groups in total. The van der Waals surface area contributed by atoms with Gasteiger partial charge in [0.2, 0.25) is 0 Å². The number of hydrogen-bond donors (Lipinski definition) is 3. The Bertz CT molecular complexity index is 585. The molecule has 0 spiro atoms. The normalized spacial score (nSPS) is 22.8. The standard InChI is InChI=1S/C15H19N3O/c16-13-5-6-14(12-2-1-7-17-15(12)13)18-9-10-3-4-11(19)8-10/h1-2,5-7,10-11,18-19H,3-4,8-9,16H2. The smallest absolute Gasteiger partial charge is 0.0951 e. The molecule has 0 amide bonds. The minimum absolute atomic E-state index is 0.114. The van der Waals surface area contributed by atoms with Crippen LogP contribution in [0.4, 0.5) is 11.4 Å². The van der Waals surface area contributed by atoms with E-state index in [1.807, 2.05) is 24.3 Å². The van der Waals surface area contributed by atoms with Crippen LogP contribution >= 0.6 is 0 Å². The summed E-state index contributed by atoms with van der Waals surface area (Å²) in [6.07, 6.45) is 4.57. The summed E-state index contributed by atoms with van der Waals surface area (Å²) in [5.74, 6) is 0.555. The number of anilines is 2. The molecule has 0 aliphatic heterocycles. The van der Waals surface area contributed by atoms with Gasteiger partial charge < -0.3 is 16.2 Å². The number of aromatic nitrogens is 1. The summed E-state index contributed by atoms with van der Waals surface area (Å²) >= 11 is 0. The van der Waals surface area contributed by atoms with Gasteiger partial charge in [0.1, 0.15) is 0 Å². The van der Waals surface area contributed by atoms with Crippen LogP contribution in [0.5, 0.6) is 0 Å². The average molecular weight is 257 g/mol. The second-order valence-corrected chi connectivity index (χ2v) is 5.32. The van der Waals surface area contributed by atoms with E-state index in [0.717, 1.165) is 42.4 Å². The quantitative estimate of drug-likeness (QED) is 0.738. The zero-order valence-corrected chi connectivity index (χ0v) is 10.8. The van der Waals surface area contributed by atoms with Crippen molar-refractivity contribution in [1.82, 2.24) is 4.98 Å². The highest BCUT2D eigenvalue weighted by atomic mass is 16.3. The molecule has 2 aromatic rings. The SMILES string of the molecule is Nc1ccc(NCC2CCC(O)C2)c2cccnc12. The van der Waals surface area contributed by atoms with E-state index in [2.05, 4.69) is 10.3 Å². The third-order valence-corrected chi connectivity index (χ3v) is 3.90. The minimum Gasteiger partial charge on any atom is -0.397 e. The van der Waals surface area contributed by atoms with Gasteiger partial charge in [-0.2, -0.15) is 0 Å². The number of aliphatic hydroxyl groups is 1. The highest BCUT2D eigenvalue weighted by Gasteiger charge is 2.22. The highest BCUT2D eigenvalue weighted by Crippen LogP contribution is 2.29. The zero-order valence-electron chi connectivity index (χ0n) is 10.8. The Balaban J connectivity index is 1.79.